The topological polar surface area (TPSA) is 37.8 Å². The Kier molecular flexibility index (Phi) is 2.92. The zero-order valence-corrected chi connectivity index (χ0v) is 10.9. The molecule has 0 atom stereocenters. The third-order valence-electron chi connectivity index (χ3n) is 3.07. The molecule has 1 heterocycles. The van der Waals surface area contributed by atoms with E-state index in [1.165, 1.54) is 12.8 Å². The Morgan fingerprint density at radius 3 is 2.67 bits per heavy atom. The molecular formula is C14H14ClN3. The van der Waals surface area contributed by atoms with E-state index >= 15 is 0 Å². The lowest BCUT2D eigenvalue weighted by Crippen LogP contribution is -2.04. The fourth-order valence-electron chi connectivity index (χ4n) is 1.86. The van der Waals surface area contributed by atoms with E-state index in [4.69, 9.17) is 11.6 Å². The summed E-state index contributed by atoms with van der Waals surface area (Å²) < 4.78 is 0. The number of halogens is 1. The Balaban J connectivity index is 1.88. The predicted molar refractivity (Wildman–Crippen MR) is 73.9 cm³/mol. The second kappa shape index (κ2) is 4.58. The second-order valence-corrected chi connectivity index (χ2v) is 5.12. The van der Waals surface area contributed by atoms with Gasteiger partial charge in [-0.25, -0.2) is 0 Å². The van der Waals surface area contributed by atoms with E-state index in [-0.39, 0.29) is 0 Å². The lowest BCUT2D eigenvalue weighted by atomic mass is 10.1. The quantitative estimate of drug-likeness (QED) is 0.914. The van der Waals surface area contributed by atoms with E-state index in [1.54, 1.807) is 0 Å². The monoisotopic (exact) mass is 259 g/mol. The van der Waals surface area contributed by atoms with Gasteiger partial charge in [0.05, 0.1) is 5.69 Å². The summed E-state index contributed by atoms with van der Waals surface area (Å²) in [6, 6.07) is 10.4. The molecule has 0 amide bonds. The van der Waals surface area contributed by atoms with E-state index in [0.29, 0.717) is 6.04 Å². The van der Waals surface area contributed by atoms with E-state index in [1.807, 2.05) is 37.3 Å². The standard InChI is InChI=1S/C14H14ClN3/c1-9-2-3-10(15)8-12(9)13-6-7-14(18-17-13)16-11-4-5-11/h2-3,6-8,11H,4-5H2,1H3,(H,16,18). The molecule has 1 N–H and O–H groups in total. The maximum Gasteiger partial charge on any atom is 0.148 e. The third-order valence-corrected chi connectivity index (χ3v) is 3.30. The first-order valence-electron chi connectivity index (χ1n) is 6.09. The molecule has 1 fully saturated rings. The third kappa shape index (κ3) is 2.46. The largest absolute Gasteiger partial charge is 0.366 e. The molecule has 1 aromatic heterocycles. The van der Waals surface area contributed by atoms with Gasteiger partial charge in [-0.15, -0.1) is 10.2 Å². The van der Waals surface area contributed by atoms with Crippen LogP contribution in [0.1, 0.15) is 18.4 Å². The van der Waals surface area contributed by atoms with Crippen molar-refractivity contribution in [1.29, 1.82) is 0 Å². The molecule has 0 unspecified atom stereocenters. The lowest BCUT2D eigenvalue weighted by Gasteiger charge is -2.07. The molecular weight excluding hydrogens is 246 g/mol. The molecule has 0 radical (unpaired) electrons. The highest BCUT2D eigenvalue weighted by Gasteiger charge is 2.21. The van der Waals surface area contributed by atoms with Crippen LogP contribution in [0.2, 0.25) is 5.02 Å². The fraction of sp³-hybridized carbons (Fsp3) is 0.286. The minimum Gasteiger partial charge on any atom is -0.366 e. The summed E-state index contributed by atoms with van der Waals surface area (Å²) >= 11 is 6.01. The van der Waals surface area contributed by atoms with Crippen molar-refractivity contribution in [2.45, 2.75) is 25.8 Å². The predicted octanol–water partition coefficient (Wildman–Crippen LogP) is 3.68. The first-order valence-corrected chi connectivity index (χ1v) is 6.47. The Bertz CT molecular complexity index is 562. The zero-order chi connectivity index (χ0) is 12.5. The van der Waals surface area contributed by atoms with Crippen LogP contribution in [0.3, 0.4) is 0 Å². The molecule has 1 saturated carbocycles. The van der Waals surface area contributed by atoms with Crippen LogP contribution >= 0.6 is 11.6 Å². The number of aromatic nitrogens is 2. The van der Waals surface area contributed by atoms with Crippen LogP contribution in [0.25, 0.3) is 11.3 Å². The average molecular weight is 260 g/mol. The number of rotatable bonds is 3. The summed E-state index contributed by atoms with van der Waals surface area (Å²) in [4.78, 5) is 0. The van der Waals surface area contributed by atoms with E-state index in [0.717, 1.165) is 27.7 Å². The van der Waals surface area contributed by atoms with Gasteiger partial charge in [-0.3, -0.25) is 0 Å². The van der Waals surface area contributed by atoms with Gasteiger partial charge >= 0.3 is 0 Å². The summed E-state index contributed by atoms with van der Waals surface area (Å²) in [5.41, 5.74) is 3.04. The van der Waals surface area contributed by atoms with Crippen LogP contribution in [-0.4, -0.2) is 16.2 Å². The molecule has 3 nitrogen and oxygen atoms in total. The Morgan fingerprint density at radius 2 is 2.00 bits per heavy atom. The van der Waals surface area contributed by atoms with Gasteiger partial charge < -0.3 is 5.32 Å². The molecule has 92 valence electrons. The van der Waals surface area contributed by atoms with Crippen LogP contribution in [0.15, 0.2) is 30.3 Å². The van der Waals surface area contributed by atoms with Crippen molar-refractivity contribution in [3.63, 3.8) is 0 Å². The van der Waals surface area contributed by atoms with Gasteiger partial charge in [-0.05, 0) is 49.6 Å². The highest BCUT2D eigenvalue weighted by molar-refractivity contribution is 6.30. The number of aryl methyl sites for hydroxylation is 1. The molecule has 1 aliphatic carbocycles. The van der Waals surface area contributed by atoms with Gasteiger partial charge in [-0.2, -0.15) is 0 Å². The molecule has 0 aliphatic heterocycles. The molecule has 2 aromatic rings. The molecule has 3 rings (SSSR count). The Morgan fingerprint density at radius 1 is 1.17 bits per heavy atom. The smallest absolute Gasteiger partial charge is 0.148 e. The Labute approximate surface area is 111 Å². The highest BCUT2D eigenvalue weighted by Crippen LogP contribution is 2.26. The number of nitrogens with zero attached hydrogens (tertiary/aromatic N) is 2. The second-order valence-electron chi connectivity index (χ2n) is 4.68. The minimum atomic E-state index is 0.595. The first-order chi connectivity index (χ1) is 8.72. The van der Waals surface area contributed by atoms with E-state index < -0.39 is 0 Å². The molecule has 0 spiro atoms. The number of anilines is 1. The highest BCUT2D eigenvalue weighted by atomic mass is 35.5. The molecule has 1 aromatic carbocycles. The minimum absolute atomic E-state index is 0.595. The van der Waals surface area contributed by atoms with Crippen LogP contribution in [0.4, 0.5) is 5.82 Å². The van der Waals surface area contributed by atoms with Gasteiger partial charge in [0.1, 0.15) is 5.82 Å². The summed E-state index contributed by atoms with van der Waals surface area (Å²) in [5, 5.41) is 12.5. The van der Waals surface area contributed by atoms with Gasteiger partial charge in [0, 0.05) is 16.6 Å². The lowest BCUT2D eigenvalue weighted by molar-refractivity contribution is 1.00. The van der Waals surface area contributed by atoms with E-state index in [2.05, 4.69) is 15.5 Å². The fourth-order valence-corrected chi connectivity index (χ4v) is 2.03. The number of nitrogens with one attached hydrogen (secondary N) is 1. The van der Waals surface area contributed by atoms with Crippen molar-refractivity contribution in [3.8, 4) is 11.3 Å². The SMILES string of the molecule is Cc1ccc(Cl)cc1-c1ccc(NC2CC2)nn1. The summed E-state index contributed by atoms with van der Waals surface area (Å²) in [6.45, 7) is 2.05. The summed E-state index contributed by atoms with van der Waals surface area (Å²) in [7, 11) is 0. The van der Waals surface area contributed by atoms with Gasteiger partial charge in [0.15, 0.2) is 0 Å². The van der Waals surface area contributed by atoms with Crippen LogP contribution in [0, 0.1) is 6.92 Å². The van der Waals surface area contributed by atoms with Gasteiger partial charge in [0.25, 0.3) is 0 Å². The number of hydrogen-bond donors (Lipinski definition) is 1. The molecule has 1 aliphatic rings. The summed E-state index contributed by atoms with van der Waals surface area (Å²) in [5.74, 6) is 0.848. The van der Waals surface area contributed by atoms with Crippen molar-refractivity contribution >= 4 is 17.4 Å². The van der Waals surface area contributed by atoms with Crippen molar-refractivity contribution in [2.75, 3.05) is 5.32 Å². The maximum absolute atomic E-state index is 6.01. The number of hydrogen-bond acceptors (Lipinski definition) is 3. The molecule has 4 heteroatoms. The zero-order valence-electron chi connectivity index (χ0n) is 10.2. The van der Waals surface area contributed by atoms with Gasteiger partial charge in [0.2, 0.25) is 0 Å². The van der Waals surface area contributed by atoms with E-state index in [9.17, 15) is 0 Å². The van der Waals surface area contributed by atoms with Crippen LogP contribution < -0.4 is 5.32 Å². The molecule has 0 saturated heterocycles. The van der Waals surface area contributed by atoms with Gasteiger partial charge in [-0.1, -0.05) is 17.7 Å². The Hall–Kier alpha value is -1.61. The van der Waals surface area contributed by atoms with Crippen molar-refractivity contribution in [3.05, 3.63) is 40.9 Å². The molecule has 0 bridgehead atoms. The van der Waals surface area contributed by atoms with Crippen molar-refractivity contribution < 1.29 is 0 Å². The van der Waals surface area contributed by atoms with Crippen molar-refractivity contribution in [2.24, 2.45) is 0 Å². The van der Waals surface area contributed by atoms with Crippen LogP contribution in [0.5, 0.6) is 0 Å². The molecule has 18 heavy (non-hydrogen) atoms. The summed E-state index contributed by atoms with van der Waals surface area (Å²) in [6.07, 6.45) is 2.47. The normalized spacial score (nSPS) is 14.6. The number of benzene rings is 1. The van der Waals surface area contributed by atoms with Crippen molar-refractivity contribution in [1.82, 2.24) is 10.2 Å². The average Bonchev–Trinajstić information content (AvgIpc) is 3.17. The first kappa shape index (κ1) is 11.5. The van der Waals surface area contributed by atoms with Crippen LogP contribution in [-0.2, 0) is 0 Å². The maximum atomic E-state index is 6.01.